The minimum absolute atomic E-state index is 0.105. The Morgan fingerprint density at radius 2 is 1.68 bits per heavy atom. The Labute approximate surface area is 142 Å². The van der Waals surface area contributed by atoms with Crippen LogP contribution in [0.25, 0.3) is 0 Å². The number of halogens is 1. The fourth-order valence-corrected chi connectivity index (χ4v) is 2.24. The highest BCUT2D eigenvalue weighted by Crippen LogP contribution is 2.20. The van der Waals surface area contributed by atoms with Gasteiger partial charge in [0.25, 0.3) is 5.91 Å². The van der Waals surface area contributed by atoms with Gasteiger partial charge in [0.15, 0.2) is 5.92 Å². The Kier molecular flexibility index (Phi) is 7.04. The summed E-state index contributed by atoms with van der Waals surface area (Å²) in [7, 11) is 2.07. The number of methoxy groups -OCH3 is 2. The maximum absolute atomic E-state index is 13.2. The summed E-state index contributed by atoms with van der Waals surface area (Å²) >= 11 is 0. The van der Waals surface area contributed by atoms with E-state index >= 15 is 0 Å². The molecule has 0 aromatic heterocycles. The van der Waals surface area contributed by atoms with Gasteiger partial charge in [0, 0.05) is 11.5 Å². The zero-order chi connectivity index (χ0) is 19.1. The number of carboxylic acid groups (broad SMARTS) is 1. The number of carboxylic acids is 1. The van der Waals surface area contributed by atoms with Crippen LogP contribution in [0, 0.1) is 17.7 Å². The number of amides is 1. The second kappa shape index (κ2) is 8.76. The molecule has 8 nitrogen and oxygen atoms in total. The lowest BCUT2D eigenvalue weighted by Crippen LogP contribution is -2.50. The molecule has 0 heterocycles. The van der Waals surface area contributed by atoms with E-state index < -0.39 is 47.5 Å². The van der Waals surface area contributed by atoms with E-state index in [1.807, 2.05) is 0 Å². The van der Waals surface area contributed by atoms with E-state index in [1.54, 1.807) is 0 Å². The van der Waals surface area contributed by atoms with Crippen molar-refractivity contribution in [3.05, 3.63) is 35.6 Å². The van der Waals surface area contributed by atoms with Gasteiger partial charge in [-0.2, -0.15) is 0 Å². The molecule has 1 aromatic carbocycles. The highest BCUT2D eigenvalue weighted by atomic mass is 19.1. The molecule has 0 bridgehead atoms. The molecular formula is C16H18FNO7. The molecule has 136 valence electrons. The Hall–Kier alpha value is -2.97. The van der Waals surface area contributed by atoms with Crippen LogP contribution in [-0.2, 0) is 23.9 Å². The van der Waals surface area contributed by atoms with Gasteiger partial charge in [-0.15, -0.1) is 0 Å². The Morgan fingerprint density at radius 1 is 1.12 bits per heavy atom. The molecule has 1 aromatic rings. The standard InChI is InChI=1S/C16H18FNO7/c1-8(11(15(22)24-2)16(23)25-3)12(14(20)21)18-13(19)9-5-4-6-10(17)7-9/h4-8,11-12H,1-3H3,(H,18,19)(H,20,21)/t8-,12-/m0/s1. The number of rotatable bonds is 7. The van der Waals surface area contributed by atoms with Crippen molar-refractivity contribution in [2.24, 2.45) is 11.8 Å². The van der Waals surface area contributed by atoms with Gasteiger partial charge >= 0.3 is 17.9 Å². The van der Waals surface area contributed by atoms with Crippen LogP contribution in [0.5, 0.6) is 0 Å². The predicted octanol–water partition coefficient (Wildman–Crippen LogP) is 0.607. The molecule has 2 atom stereocenters. The molecule has 1 amide bonds. The zero-order valence-electron chi connectivity index (χ0n) is 13.8. The number of carbonyl (C=O) groups is 4. The number of hydrogen-bond donors (Lipinski definition) is 2. The highest BCUT2D eigenvalue weighted by Gasteiger charge is 2.42. The van der Waals surface area contributed by atoms with Crippen LogP contribution >= 0.6 is 0 Å². The van der Waals surface area contributed by atoms with Gasteiger partial charge in [-0.3, -0.25) is 14.4 Å². The molecule has 25 heavy (non-hydrogen) atoms. The largest absolute Gasteiger partial charge is 0.480 e. The third kappa shape index (κ3) is 5.00. The molecule has 1 rings (SSSR count). The number of benzene rings is 1. The summed E-state index contributed by atoms with van der Waals surface area (Å²) < 4.78 is 22.2. The monoisotopic (exact) mass is 355 g/mol. The first-order chi connectivity index (χ1) is 11.7. The van der Waals surface area contributed by atoms with Crippen LogP contribution in [0.3, 0.4) is 0 Å². The summed E-state index contributed by atoms with van der Waals surface area (Å²) in [4.78, 5) is 47.3. The number of hydrogen-bond acceptors (Lipinski definition) is 6. The van der Waals surface area contributed by atoms with Crippen LogP contribution in [0.2, 0.25) is 0 Å². The molecule has 0 fully saturated rings. The Morgan fingerprint density at radius 3 is 2.12 bits per heavy atom. The van der Waals surface area contributed by atoms with Crippen LogP contribution in [0.4, 0.5) is 4.39 Å². The van der Waals surface area contributed by atoms with Gasteiger partial charge in [0.1, 0.15) is 11.9 Å². The molecule has 0 aliphatic rings. The first-order valence-electron chi connectivity index (χ1n) is 7.17. The smallest absolute Gasteiger partial charge is 0.326 e. The van der Waals surface area contributed by atoms with Crippen molar-refractivity contribution < 1.29 is 38.1 Å². The van der Waals surface area contributed by atoms with E-state index in [9.17, 15) is 28.7 Å². The number of aliphatic carboxylic acids is 1. The molecule has 0 radical (unpaired) electrons. The average molecular weight is 355 g/mol. The number of nitrogens with one attached hydrogen (secondary N) is 1. The van der Waals surface area contributed by atoms with Crippen molar-refractivity contribution in [1.29, 1.82) is 0 Å². The number of ether oxygens (including phenoxy) is 2. The van der Waals surface area contributed by atoms with E-state index in [1.165, 1.54) is 19.1 Å². The molecule has 0 spiro atoms. The van der Waals surface area contributed by atoms with Crippen molar-refractivity contribution in [2.45, 2.75) is 13.0 Å². The molecule has 0 saturated heterocycles. The molecular weight excluding hydrogens is 337 g/mol. The van der Waals surface area contributed by atoms with Crippen molar-refractivity contribution in [2.75, 3.05) is 14.2 Å². The molecule has 0 aliphatic heterocycles. The van der Waals surface area contributed by atoms with E-state index in [-0.39, 0.29) is 5.56 Å². The molecule has 0 saturated carbocycles. The Bertz CT molecular complexity index is 660. The Balaban J connectivity index is 3.08. The quantitative estimate of drug-likeness (QED) is 0.543. The van der Waals surface area contributed by atoms with Crippen LogP contribution in [0.15, 0.2) is 24.3 Å². The van der Waals surface area contributed by atoms with Gasteiger partial charge < -0.3 is 19.9 Å². The van der Waals surface area contributed by atoms with Crippen molar-refractivity contribution >= 4 is 23.8 Å². The summed E-state index contributed by atoms with van der Waals surface area (Å²) in [6, 6.07) is 3.02. The topological polar surface area (TPSA) is 119 Å². The fourth-order valence-electron chi connectivity index (χ4n) is 2.24. The summed E-state index contributed by atoms with van der Waals surface area (Å²) in [6.45, 7) is 1.28. The summed E-state index contributed by atoms with van der Waals surface area (Å²) in [6.07, 6.45) is 0. The minimum atomic E-state index is -1.61. The molecule has 0 unspecified atom stereocenters. The third-order valence-corrected chi connectivity index (χ3v) is 3.60. The average Bonchev–Trinajstić information content (AvgIpc) is 2.58. The second-order valence-electron chi connectivity index (χ2n) is 5.18. The van der Waals surface area contributed by atoms with Crippen molar-refractivity contribution in [1.82, 2.24) is 5.32 Å². The summed E-state index contributed by atoms with van der Waals surface area (Å²) in [5.74, 6) is -7.74. The van der Waals surface area contributed by atoms with Crippen molar-refractivity contribution in [3.8, 4) is 0 Å². The molecule has 0 aliphatic carbocycles. The third-order valence-electron chi connectivity index (χ3n) is 3.60. The van der Waals surface area contributed by atoms with Gasteiger partial charge in [-0.25, -0.2) is 9.18 Å². The zero-order valence-corrected chi connectivity index (χ0v) is 13.8. The summed E-state index contributed by atoms with van der Waals surface area (Å²) in [5.41, 5.74) is -0.105. The first kappa shape index (κ1) is 20.1. The lowest BCUT2D eigenvalue weighted by Gasteiger charge is -2.26. The second-order valence-corrected chi connectivity index (χ2v) is 5.18. The predicted molar refractivity (Wildman–Crippen MR) is 82.0 cm³/mol. The van der Waals surface area contributed by atoms with E-state index in [0.29, 0.717) is 0 Å². The molecule has 9 heteroatoms. The van der Waals surface area contributed by atoms with E-state index in [4.69, 9.17) is 0 Å². The van der Waals surface area contributed by atoms with Gasteiger partial charge in [-0.05, 0) is 18.2 Å². The van der Waals surface area contributed by atoms with Crippen LogP contribution in [-0.4, -0.2) is 49.2 Å². The van der Waals surface area contributed by atoms with Gasteiger partial charge in [0.05, 0.1) is 14.2 Å². The van der Waals surface area contributed by atoms with Gasteiger partial charge in [0.2, 0.25) is 0 Å². The minimum Gasteiger partial charge on any atom is -0.480 e. The fraction of sp³-hybridized carbons (Fsp3) is 0.375. The SMILES string of the molecule is COC(=O)C(C(=O)OC)[C@H](C)[C@H](NC(=O)c1cccc(F)c1)C(=O)O. The van der Waals surface area contributed by atoms with Crippen LogP contribution < -0.4 is 5.32 Å². The van der Waals surface area contributed by atoms with E-state index in [0.717, 1.165) is 26.4 Å². The first-order valence-corrected chi connectivity index (χ1v) is 7.17. The maximum Gasteiger partial charge on any atom is 0.326 e. The lowest BCUT2D eigenvalue weighted by atomic mass is 9.87. The number of carbonyl (C=O) groups excluding carboxylic acids is 3. The van der Waals surface area contributed by atoms with E-state index in [2.05, 4.69) is 14.8 Å². The lowest BCUT2D eigenvalue weighted by molar-refractivity contribution is -0.162. The highest BCUT2D eigenvalue weighted by molar-refractivity contribution is 5.98. The summed E-state index contributed by atoms with van der Waals surface area (Å²) in [5, 5.41) is 11.5. The molecule has 2 N–H and O–H groups in total. The van der Waals surface area contributed by atoms with Crippen molar-refractivity contribution in [3.63, 3.8) is 0 Å². The normalized spacial score (nSPS) is 12.8. The maximum atomic E-state index is 13.2. The number of esters is 2. The van der Waals surface area contributed by atoms with Gasteiger partial charge in [-0.1, -0.05) is 13.0 Å². The van der Waals surface area contributed by atoms with Crippen LogP contribution in [0.1, 0.15) is 17.3 Å².